The highest BCUT2D eigenvalue weighted by molar-refractivity contribution is 5.32. The molecule has 1 heteroatoms. The molecule has 0 radical (unpaired) electrons. The van der Waals surface area contributed by atoms with E-state index in [4.69, 9.17) is 0 Å². The quantitative estimate of drug-likeness (QED) is 0.712. The summed E-state index contributed by atoms with van der Waals surface area (Å²) in [5.74, 6) is 0.566. The second-order valence-electron chi connectivity index (χ2n) is 5.21. The Kier molecular flexibility index (Phi) is 3.65. The van der Waals surface area contributed by atoms with Crippen LogP contribution in [0.1, 0.15) is 54.7 Å². The van der Waals surface area contributed by atoms with E-state index < -0.39 is 0 Å². The van der Waals surface area contributed by atoms with Crippen LogP contribution >= 0.6 is 0 Å². The van der Waals surface area contributed by atoms with Gasteiger partial charge in [-0.3, -0.25) is 0 Å². The SMILES string of the molecule is Cc1ccc(C2CCCCC(O)C2)cc1C. The second kappa shape index (κ2) is 5.01. The zero-order valence-corrected chi connectivity index (χ0v) is 10.4. The molecule has 1 aliphatic carbocycles. The van der Waals surface area contributed by atoms with Crippen LogP contribution in [-0.2, 0) is 0 Å². The van der Waals surface area contributed by atoms with Crippen LogP contribution < -0.4 is 0 Å². The third kappa shape index (κ3) is 2.65. The van der Waals surface area contributed by atoms with Crippen LogP contribution in [0.15, 0.2) is 18.2 Å². The van der Waals surface area contributed by atoms with Crippen LogP contribution in [0, 0.1) is 13.8 Å². The number of benzene rings is 1. The number of hydrogen-bond donors (Lipinski definition) is 1. The smallest absolute Gasteiger partial charge is 0.0546 e. The maximum absolute atomic E-state index is 9.84. The van der Waals surface area contributed by atoms with E-state index in [-0.39, 0.29) is 6.10 Å². The van der Waals surface area contributed by atoms with Gasteiger partial charge in [0.1, 0.15) is 0 Å². The maximum Gasteiger partial charge on any atom is 0.0546 e. The van der Waals surface area contributed by atoms with Crippen molar-refractivity contribution in [1.82, 2.24) is 0 Å². The lowest BCUT2D eigenvalue weighted by Gasteiger charge is -2.18. The van der Waals surface area contributed by atoms with Crippen molar-refractivity contribution in [2.45, 2.75) is 58.0 Å². The van der Waals surface area contributed by atoms with Crippen molar-refractivity contribution >= 4 is 0 Å². The zero-order valence-electron chi connectivity index (χ0n) is 10.4. The first kappa shape index (κ1) is 11.7. The zero-order chi connectivity index (χ0) is 11.5. The number of hydrogen-bond acceptors (Lipinski definition) is 1. The van der Waals surface area contributed by atoms with Gasteiger partial charge in [-0.05, 0) is 55.7 Å². The van der Waals surface area contributed by atoms with Crippen LogP contribution in [0.5, 0.6) is 0 Å². The summed E-state index contributed by atoms with van der Waals surface area (Å²) in [5.41, 5.74) is 4.15. The molecule has 2 unspecified atom stereocenters. The Morgan fingerprint density at radius 2 is 1.81 bits per heavy atom. The van der Waals surface area contributed by atoms with Crippen LogP contribution in [0.3, 0.4) is 0 Å². The fourth-order valence-electron chi connectivity index (χ4n) is 2.66. The largest absolute Gasteiger partial charge is 0.393 e. The highest BCUT2D eigenvalue weighted by Crippen LogP contribution is 2.32. The Balaban J connectivity index is 2.18. The molecule has 0 spiro atoms. The minimum absolute atomic E-state index is 0.0888. The Bertz CT molecular complexity index is 356. The number of rotatable bonds is 1. The van der Waals surface area contributed by atoms with Gasteiger partial charge in [0.2, 0.25) is 0 Å². The predicted octanol–water partition coefficient (Wildman–Crippen LogP) is 3.71. The van der Waals surface area contributed by atoms with Gasteiger partial charge in [-0.15, -0.1) is 0 Å². The van der Waals surface area contributed by atoms with Crippen LogP contribution in [0.2, 0.25) is 0 Å². The van der Waals surface area contributed by atoms with Gasteiger partial charge in [-0.1, -0.05) is 31.0 Å². The first-order chi connectivity index (χ1) is 7.66. The molecule has 2 atom stereocenters. The van der Waals surface area contributed by atoms with Crippen LogP contribution in [0.25, 0.3) is 0 Å². The molecule has 2 rings (SSSR count). The molecule has 1 aromatic carbocycles. The van der Waals surface area contributed by atoms with Gasteiger partial charge >= 0.3 is 0 Å². The average molecular weight is 218 g/mol. The molecular formula is C15H22O. The second-order valence-corrected chi connectivity index (χ2v) is 5.21. The summed E-state index contributed by atoms with van der Waals surface area (Å²) >= 11 is 0. The van der Waals surface area contributed by atoms with E-state index in [2.05, 4.69) is 32.0 Å². The van der Waals surface area contributed by atoms with Gasteiger partial charge in [0.05, 0.1) is 6.10 Å². The molecule has 1 saturated carbocycles. The normalized spacial score (nSPS) is 26.4. The van der Waals surface area contributed by atoms with Gasteiger partial charge in [-0.25, -0.2) is 0 Å². The molecule has 1 nitrogen and oxygen atoms in total. The van der Waals surface area contributed by atoms with E-state index in [1.54, 1.807) is 0 Å². The van der Waals surface area contributed by atoms with Crippen molar-refractivity contribution in [2.75, 3.05) is 0 Å². The molecule has 1 fully saturated rings. The summed E-state index contributed by atoms with van der Waals surface area (Å²) in [6.45, 7) is 4.33. The third-order valence-electron chi connectivity index (χ3n) is 3.90. The Labute approximate surface area is 98.5 Å². The summed E-state index contributed by atoms with van der Waals surface area (Å²) in [5, 5.41) is 9.84. The molecule has 88 valence electrons. The number of aryl methyl sites for hydroxylation is 2. The Morgan fingerprint density at radius 3 is 2.56 bits per heavy atom. The average Bonchev–Trinajstić information content (AvgIpc) is 2.47. The highest BCUT2D eigenvalue weighted by atomic mass is 16.3. The van der Waals surface area contributed by atoms with E-state index >= 15 is 0 Å². The van der Waals surface area contributed by atoms with Crippen LogP contribution in [-0.4, -0.2) is 11.2 Å². The molecular weight excluding hydrogens is 196 g/mol. The molecule has 1 aromatic rings. The first-order valence-electron chi connectivity index (χ1n) is 6.42. The van der Waals surface area contributed by atoms with E-state index in [9.17, 15) is 5.11 Å². The molecule has 1 aliphatic rings. The van der Waals surface area contributed by atoms with Crippen molar-refractivity contribution in [3.63, 3.8) is 0 Å². The molecule has 0 aliphatic heterocycles. The molecule has 0 heterocycles. The number of aliphatic hydroxyl groups excluding tert-OH is 1. The summed E-state index contributed by atoms with van der Waals surface area (Å²) in [6, 6.07) is 6.75. The Hall–Kier alpha value is -0.820. The molecule has 1 N–H and O–H groups in total. The number of aliphatic hydroxyl groups is 1. The highest BCUT2D eigenvalue weighted by Gasteiger charge is 2.19. The lowest BCUT2D eigenvalue weighted by atomic mass is 9.89. The van der Waals surface area contributed by atoms with Gasteiger partial charge < -0.3 is 5.11 Å². The fourth-order valence-corrected chi connectivity index (χ4v) is 2.66. The standard InChI is InChI=1S/C15H22O/c1-11-7-8-14(9-12(11)2)13-5-3-4-6-15(16)10-13/h7-9,13,15-16H,3-6,10H2,1-2H3. The van der Waals surface area contributed by atoms with Crippen molar-refractivity contribution in [3.8, 4) is 0 Å². The van der Waals surface area contributed by atoms with Crippen molar-refractivity contribution < 1.29 is 5.11 Å². The van der Waals surface area contributed by atoms with E-state index in [1.807, 2.05) is 0 Å². The van der Waals surface area contributed by atoms with Gasteiger partial charge in [0.25, 0.3) is 0 Å². The molecule has 16 heavy (non-hydrogen) atoms. The lowest BCUT2D eigenvalue weighted by Crippen LogP contribution is -2.09. The monoisotopic (exact) mass is 218 g/mol. The fraction of sp³-hybridized carbons (Fsp3) is 0.600. The predicted molar refractivity (Wildman–Crippen MR) is 67.7 cm³/mol. The van der Waals surface area contributed by atoms with Crippen LogP contribution in [0.4, 0.5) is 0 Å². The topological polar surface area (TPSA) is 20.2 Å². The lowest BCUT2D eigenvalue weighted by molar-refractivity contribution is 0.152. The molecule has 0 bridgehead atoms. The first-order valence-corrected chi connectivity index (χ1v) is 6.42. The summed E-state index contributed by atoms with van der Waals surface area (Å²) in [7, 11) is 0. The van der Waals surface area contributed by atoms with Gasteiger partial charge in [-0.2, -0.15) is 0 Å². The van der Waals surface area contributed by atoms with Gasteiger partial charge in [0, 0.05) is 0 Å². The van der Waals surface area contributed by atoms with E-state index in [1.165, 1.54) is 36.0 Å². The van der Waals surface area contributed by atoms with Crippen molar-refractivity contribution in [2.24, 2.45) is 0 Å². The maximum atomic E-state index is 9.84. The summed E-state index contributed by atoms with van der Waals surface area (Å²) in [6.07, 6.45) is 5.52. The Morgan fingerprint density at radius 1 is 1.06 bits per heavy atom. The summed E-state index contributed by atoms with van der Waals surface area (Å²) in [4.78, 5) is 0. The minimum atomic E-state index is -0.0888. The minimum Gasteiger partial charge on any atom is -0.393 e. The molecule has 0 aromatic heterocycles. The third-order valence-corrected chi connectivity index (χ3v) is 3.90. The summed E-state index contributed by atoms with van der Waals surface area (Å²) < 4.78 is 0. The molecule has 0 amide bonds. The van der Waals surface area contributed by atoms with Crippen molar-refractivity contribution in [3.05, 3.63) is 34.9 Å². The van der Waals surface area contributed by atoms with Gasteiger partial charge in [0.15, 0.2) is 0 Å². The van der Waals surface area contributed by atoms with E-state index in [0.717, 1.165) is 12.8 Å². The van der Waals surface area contributed by atoms with Crippen molar-refractivity contribution in [1.29, 1.82) is 0 Å². The molecule has 0 saturated heterocycles. The van der Waals surface area contributed by atoms with E-state index in [0.29, 0.717) is 5.92 Å².